The minimum atomic E-state index is -1.06. The molecule has 0 spiro atoms. The number of likely N-dealkylation sites (tertiary alicyclic amines) is 1. The summed E-state index contributed by atoms with van der Waals surface area (Å²) in [6.45, 7) is 4.51. The Morgan fingerprint density at radius 3 is 2.69 bits per heavy atom. The second-order valence-corrected chi connectivity index (χ2v) is 9.22. The highest BCUT2D eigenvalue weighted by Crippen LogP contribution is 2.23. The van der Waals surface area contributed by atoms with Gasteiger partial charge in [-0.15, -0.1) is 0 Å². The molecule has 2 N–H and O–H groups in total. The third-order valence-corrected chi connectivity index (χ3v) is 6.78. The van der Waals surface area contributed by atoms with E-state index in [1.165, 1.54) is 17.2 Å². The van der Waals surface area contributed by atoms with E-state index in [4.69, 9.17) is 4.52 Å². The number of carbonyl (C=O) groups excluding carboxylic acids is 3. The van der Waals surface area contributed by atoms with Gasteiger partial charge in [0.05, 0.1) is 24.4 Å². The number of piperidine rings is 1. The van der Waals surface area contributed by atoms with Gasteiger partial charge in [0, 0.05) is 25.7 Å². The number of nitrogens with one attached hydrogen (secondary N) is 2. The number of benzene rings is 1. The molecule has 190 valence electrons. The fourth-order valence-corrected chi connectivity index (χ4v) is 4.46. The van der Waals surface area contributed by atoms with Gasteiger partial charge in [-0.05, 0) is 38.7 Å². The molecule has 3 heterocycles. The molecule has 0 saturated carbocycles. The fraction of sp³-hybridized carbons (Fsp3) is 0.423. The molecule has 0 bridgehead atoms. The second-order valence-electron chi connectivity index (χ2n) is 9.22. The lowest BCUT2D eigenvalue weighted by atomic mass is 10.0. The molecule has 1 saturated heterocycles. The Morgan fingerprint density at radius 1 is 1.22 bits per heavy atom. The number of carbonyl (C=O) groups is 3. The molecule has 3 aromatic rings. The van der Waals surface area contributed by atoms with Crippen molar-refractivity contribution in [3.63, 3.8) is 0 Å². The second kappa shape index (κ2) is 11.2. The van der Waals surface area contributed by atoms with E-state index in [9.17, 15) is 14.4 Å². The Balaban J connectivity index is 1.51. The zero-order valence-corrected chi connectivity index (χ0v) is 20.8. The van der Waals surface area contributed by atoms with Gasteiger partial charge in [0.1, 0.15) is 18.1 Å². The van der Waals surface area contributed by atoms with Crippen LogP contribution in [0.3, 0.4) is 0 Å². The van der Waals surface area contributed by atoms with Crippen molar-refractivity contribution >= 4 is 17.7 Å². The monoisotopic (exact) mass is 492 g/mol. The van der Waals surface area contributed by atoms with Gasteiger partial charge in [-0.3, -0.25) is 14.4 Å². The number of rotatable bonds is 8. The molecular weight excluding hydrogens is 460 g/mol. The van der Waals surface area contributed by atoms with E-state index in [0.29, 0.717) is 12.4 Å². The highest BCUT2D eigenvalue weighted by Gasteiger charge is 2.33. The predicted molar refractivity (Wildman–Crippen MR) is 133 cm³/mol. The van der Waals surface area contributed by atoms with Crippen molar-refractivity contribution in [3.05, 3.63) is 60.4 Å². The normalized spacial score (nSPS) is 17.3. The van der Waals surface area contributed by atoms with E-state index < -0.39 is 23.9 Å². The molecule has 0 radical (unpaired) electrons. The first kappa shape index (κ1) is 25.2. The van der Waals surface area contributed by atoms with Gasteiger partial charge in [0.25, 0.3) is 5.91 Å². The Bertz CT molecular complexity index is 1180. The van der Waals surface area contributed by atoms with Crippen molar-refractivity contribution in [2.24, 2.45) is 0 Å². The third-order valence-electron chi connectivity index (χ3n) is 6.78. The summed E-state index contributed by atoms with van der Waals surface area (Å²) in [5, 5.41) is 6.34. The Kier molecular flexibility index (Phi) is 7.82. The molecule has 1 aromatic carbocycles. The van der Waals surface area contributed by atoms with Crippen LogP contribution < -0.4 is 5.32 Å². The van der Waals surface area contributed by atoms with Crippen molar-refractivity contribution in [1.29, 1.82) is 0 Å². The van der Waals surface area contributed by atoms with Gasteiger partial charge in [-0.2, -0.15) is 0 Å². The van der Waals surface area contributed by atoms with Crippen molar-refractivity contribution in [2.75, 3.05) is 13.6 Å². The predicted octanol–water partition coefficient (Wildman–Crippen LogP) is 3.17. The molecule has 3 atom stereocenters. The molecule has 0 unspecified atom stereocenters. The first-order valence-electron chi connectivity index (χ1n) is 12.2. The number of hydrogen-bond acceptors (Lipinski definition) is 6. The van der Waals surface area contributed by atoms with Crippen LogP contribution in [-0.4, -0.2) is 68.3 Å². The number of imidazole rings is 1. The summed E-state index contributed by atoms with van der Waals surface area (Å²) in [5.41, 5.74) is 1.86. The standard InChI is InChI=1S/C26H32N6O4/c1-17-9-7-8-13-32(17)23(33)15-21(29-25(34)20-12-14-36-30-20)26(35)31(3)18(2)24-27-16-22(28-24)19-10-5-4-6-11-19/h4-6,10-12,14,16-18,21H,7-9,13,15H2,1-3H3,(H,27,28)(H,29,34)/t17-,18-,21-/m0/s1. The third kappa shape index (κ3) is 5.64. The average Bonchev–Trinajstić information content (AvgIpc) is 3.61. The Hall–Kier alpha value is -3.95. The van der Waals surface area contributed by atoms with Crippen molar-refractivity contribution in [3.8, 4) is 11.3 Å². The maximum Gasteiger partial charge on any atom is 0.274 e. The SMILES string of the molecule is C[C@@H](c1ncc(-c2ccccc2)[nH]1)N(C)C(=O)[C@H](CC(=O)N1CCCC[C@@H]1C)NC(=O)c1ccon1. The maximum absolute atomic E-state index is 13.6. The summed E-state index contributed by atoms with van der Waals surface area (Å²) in [7, 11) is 1.64. The molecule has 36 heavy (non-hydrogen) atoms. The minimum absolute atomic E-state index is 0.0424. The fourth-order valence-electron chi connectivity index (χ4n) is 4.46. The molecule has 2 aromatic heterocycles. The summed E-state index contributed by atoms with van der Waals surface area (Å²) >= 11 is 0. The molecular formula is C26H32N6O4. The molecule has 1 fully saturated rings. The van der Waals surface area contributed by atoms with Gasteiger partial charge in [-0.1, -0.05) is 35.5 Å². The lowest BCUT2D eigenvalue weighted by Crippen LogP contribution is -2.52. The van der Waals surface area contributed by atoms with E-state index in [0.717, 1.165) is 30.5 Å². The zero-order chi connectivity index (χ0) is 25.7. The molecule has 10 heteroatoms. The number of aromatic amines is 1. The van der Waals surface area contributed by atoms with Crippen LogP contribution in [0.15, 0.2) is 53.4 Å². The van der Waals surface area contributed by atoms with Gasteiger partial charge in [-0.25, -0.2) is 4.98 Å². The Labute approximate surface area is 210 Å². The van der Waals surface area contributed by atoms with Gasteiger partial charge in [0.15, 0.2) is 5.69 Å². The number of hydrogen-bond donors (Lipinski definition) is 2. The Morgan fingerprint density at radius 2 is 2.00 bits per heavy atom. The summed E-state index contributed by atoms with van der Waals surface area (Å²) in [6.07, 6.45) is 5.79. The average molecular weight is 493 g/mol. The summed E-state index contributed by atoms with van der Waals surface area (Å²) < 4.78 is 4.76. The minimum Gasteiger partial charge on any atom is -0.364 e. The summed E-state index contributed by atoms with van der Waals surface area (Å²) in [5.74, 6) is -0.532. The number of nitrogens with zero attached hydrogens (tertiary/aromatic N) is 4. The summed E-state index contributed by atoms with van der Waals surface area (Å²) in [4.78, 5) is 50.5. The number of H-pyrrole nitrogens is 1. The molecule has 0 aliphatic carbocycles. The van der Waals surface area contributed by atoms with Crippen LogP contribution in [0, 0.1) is 0 Å². The number of aromatic nitrogens is 3. The first-order valence-corrected chi connectivity index (χ1v) is 12.2. The van der Waals surface area contributed by atoms with Crippen molar-refractivity contribution in [2.45, 2.75) is 57.7 Å². The summed E-state index contributed by atoms with van der Waals surface area (Å²) in [6, 6.07) is 9.79. The highest BCUT2D eigenvalue weighted by atomic mass is 16.5. The zero-order valence-electron chi connectivity index (χ0n) is 20.8. The largest absolute Gasteiger partial charge is 0.364 e. The molecule has 1 aliphatic heterocycles. The van der Waals surface area contributed by atoms with Gasteiger partial charge in [0.2, 0.25) is 11.8 Å². The van der Waals surface area contributed by atoms with E-state index in [-0.39, 0.29) is 24.1 Å². The van der Waals surface area contributed by atoms with Crippen LogP contribution in [0.2, 0.25) is 0 Å². The quantitative estimate of drug-likeness (QED) is 0.498. The molecule has 10 nitrogen and oxygen atoms in total. The maximum atomic E-state index is 13.6. The highest BCUT2D eigenvalue weighted by molar-refractivity contribution is 5.97. The van der Waals surface area contributed by atoms with Crippen LogP contribution in [-0.2, 0) is 9.59 Å². The number of likely N-dealkylation sites (N-methyl/N-ethyl adjacent to an activating group) is 1. The van der Waals surface area contributed by atoms with E-state index in [2.05, 4.69) is 20.4 Å². The first-order chi connectivity index (χ1) is 17.3. The van der Waals surface area contributed by atoms with Crippen LogP contribution in [0.25, 0.3) is 11.3 Å². The molecule has 3 amide bonds. The van der Waals surface area contributed by atoms with E-state index >= 15 is 0 Å². The molecule has 1 aliphatic rings. The van der Waals surface area contributed by atoms with Crippen molar-refractivity contribution in [1.82, 2.24) is 30.2 Å². The van der Waals surface area contributed by atoms with Crippen LogP contribution in [0.1, 0.15) is 61.9 Å². The van der Waals surface area contributed by atoms with Gasteiger partial charge >= 0.3 is 0 Å². The van der Waals surface area contributed by atoms with Crippen LogP contribution >= 0.6 is 0 Å². The number of amides is 3. The van der Waals surface area contributed by atoms with E-state index in [1.807, 2.05) is 44.2 Å². The van der Waals surface area contributed by atoms with Crippen LogP contribution in [0.5, 0.6) is 0 Å². The molecule has 4 rings (SSSR count). The van der Waals surface area contributed by atoms with Crippen molar-refractivity contribution < 1.29 is 18.9 Å². The van der Waals surface area contributed by atoms with Gasteiger partial charge < -0.3 is 24.6 Å². The smallest absolute Gasteiger partial charge is 0.274 e. The van der Waals surface area contributed by atoms with Crippen LogP contribution in [0.4, 0.5) is 0 Å². The lowest BCUT2D eigenvalue weighted by Gasteiger charge is -2.35. The van der Waals surface area contributed by atoms with E-state index in [1.54, 1.807) is 18.1 Å². The lowest BCUT2D eigenvalue weighted by molar-refractivity contribution is -0.141. The topological polar surface area (TPSA) is 124 Å².